The monoisotopic (exact) mass is 371 g/mol. The molecule has 1 amide bonds. The Morgan fingerprint density at radius 3 is 2.44 bits per heavy atom. The highest BCUT2D eigenvalue weighted by molar-refractivity contribution is 5.78. The number of carbonyl (C=O) groups excluding carboxylic acids is 1. The van der Waals surface area contributed by atoms with Crippen LogP contribution in [0.2, 0.25) is 0 Å². The maximum Gasteiger partial charge on any atom is 0.260 e. The predicted molar refractivity (Wildman–Crippen MR) is 102 cm³/mol. The first-order chi connectivity index (χ1) is 13.2. The highest BCUT2D eigenvalue weighted by Crippen LogP contribution is 2.36. The van der Waals surface area contributed by atoms with Crippen LogP contribution in [-0.2, 0) is 4.79 Å². The zero-order valence-corrected chi connectivity index (χ0v) is 15.9. The number of hydrogen-bond acceptors (Lipinski definition) is 5. The van der Waals surface area contributed by atoms with E-state index in [9.17, 15) is 4.79 Å². The van der Waals surface area contributed by atoms with Crippen LogP contribution in [0, 0.1) is 0 Å². The number of methoxy groups -OCH3 is 3. The van der Waals surface area contributed by atoms with Gasteiger partial charge in [-0.15, -0.1) is 0 Å². The number of nitrogens with zero attached hydrogens (tertiary/aromatic N) is 1. The molecule has 1 fully saturated rings. The zero-order valence-electron chi connectivity index (χ0n) is 15.9. The van der Waals surface area contributed by atoms with Gasteiger partial charge >= 0.3 is 0 Å². The van der Waals surface area contributed by atoms with Crippen LogP contribution in [-0.4, -0.2) is 51.8 Å². The molecule has 0 bridgehead atoms. The lowest BCUT2D eigenvalue weighted by Gasteiger charge is -2.19. The molecule has 3 rings (SSSR count). The fourth-order valence-electron chi connectivity index (χ4n) is 3.37. The molecule has 1 heterocycles. The summed E-state index contributed by atoms with van der Waals surface area (Å²) in [5.41, 5.74) is 1.07. The van der Waals surface area contributed by atoms with Crippen LogP contribution in [0.25, 0.3) is 0 Å². The Hall–Kier alpha value is -2.89. The van der Waals surface area contributed by atoms with Gasteiger partial charge in [0.25, 0.3) is 5.91 Å². The molecule has 6 nitrogen and oxygen atoms in total. The fraction of sp³-hybridized carbons (Fsp3) is 0.381. The van der Waals surface area contributed by atoms with E-state index in [1.54, 1.807) is 33.5 Å². The van der Waals surface area contributed by atoms with Gasteiger partial charge in [0.2, 0.25) is 0 Å². The summed E-state index contributed by atoms with van der Waals surface area (Å²) in [6.45, 7) is 1.32. The van der Waals surface area contributed by atoms with Gasteiger partial charge < -0.3 is 23.8 Å². The van der Waals surface area contributed by atoms with Gasteiger partial charge in [0.15, 0.2) is 18.1 Å². The number of likely N-dealkylation sites (tertiary alicyclic amines) is 1. The third-order valence-corrected chi connectivity index (χ3v) is 4.84. The van der Waals surface area contributed by atoms with Crippen molar-refractivity contribution >= 4 is 5.91 Å². The molecule has 0 aromatic heterocycles. The quantitative estimate of drug-likeness (QED) is 0.749. The van der Waals surface area contributed by atoms with Crippen LogP contribution in [0.15, 0.2) is 42.5 Å². The molecule has 0 N–H and O–H groups in total. The average molecular weight is 371 g/mol. The number of benzene rings is 2. The number of rotatable bonds is 7. The fourth-order valence-corrected chi connectivity index (χ4v) is 3.37. The largest absolute Gasteiger partial charge is 0.497 e. The van der Waals surface area contributed by atoms with Crippen molar-refractivity contribution in [3.63, 3.8) is 0 Å². The third-order valence-electron chi connectivity index (χ3n) is 4.84. The number of amides is 1. The normalized spacial score (nSPS) is 16.1. The molecule has 0 spiro atoms. The Labute approximate surface area is 159 Å². The summed E-state index contributed by atoms with van der Waals surface area (Å²) < 4.78 is 21.7. The van der Waals surface area contributed by atoms with Crippen LogP contribution in [0.5, 0.6) is 23.0 Å². The Balaban J connectivity index is 1.63. The molecular formula is C21H25NO5. The zero-order chi connectivity index (χ0) is 19.2. The first kappa shape index (κ1) is 18.9. The van der Waals surface area contributed by atoms with Crippen molar-refractivity contribution in [1.82, 2.24) is 4.90 Å². The summed E-state index contributed by atoms with van der Waals surface area (Å²) >= 11 is 0. The Morgan fingerprint density at radius 2 is 1.74 bits per heavy atom. The Bertz CT molecular complexity index is 792. The molecule has 2 aromatic carbocycles. The van der Waals surface area contributed by atoms with Crippen molar-refractivity contribution in [1.29, 1.82) is 0 Å². The molecule has 144 valence electrons. The molecule has 1 aliphatic heterocycles. The SMILES string of the molecule is COc1ccc(OC)c([C@@H]2CCN(C(=O)COc3ccccc3OC)C2)c1. The van der Waals surface area contributed by atoms with E-state index in [1.165, 1.54) is 0 Å². The first-order valence-electron chi connectivity index (χ1n) is 8.91. The van der Waals surface area contributed by atoms with Gasteiger partial charge in [0.05, 0.1) is 21.3 Å². The van der Waals surface area contributed by atoms with Crippen molar-refractivity contribution in [3.8, 4) is 23.0 Å². The molecule has 6 heteroatoms. The topological polar surface area (TPSA) is 57.2 Å². The lowest BCUT2D eigenvalue weighted by molar-refractivity contribution is -0.132. The van der Waals surface area contributed by atoms with Crippen LogP contribution in [0.4, 0.5) is 0 Å². The summed E-state index contributed by atoms with van der Waals surface area (Å²) in [6, 6.07) is 13.1. The number of hydrogen-bond donors (Lipinski definition) is 0. The lowest BCUT2D eigenvalue weighted by Crippen LogP contribution is -2.32. The standard InChI is InChI=1S/C21H25NO5/c1-24-16-8-9-18(25-2)17(12-16)15-10-11-22(13-15)21(23)14-27-20-7-5-4-6-19(20)26-3/h4-9,12,15H,10-11,13-14H2,1-3H3/t15-/m1/s1. The summed E-state index contributed by atoms with van der Waals surface area (Å²) in [7, 11) is 4.88. The van der Waals surface area contributed by atoms with Crippen molar-refractivity contribution in [2.75, 3.05) is 41.0 Å². The van der Waals surface area contributed by atoms with Gasteiger partial charge in [-0.1, -0.05) is 12.1 Å². The Morgan fingerprint density at radius 1 is 1.00 bits per heavy atom. The molecule has 0 unspecified atom stereocenters. The average Bonchev–Trinajstić information content (AvgIpc) is 3.21. The Kier molecular flexibility index (Phi) is 6.06. The molecule has 1 atom stereocenters. The molecule has 2 aromatic rings. The maximum absolute atomic E-state index is 12.6. The van der Waals surface area contributed by atoms with E-state index < -0.39 is 0 Å². The van der Waals surface area contributed by atoms with E-state index in [1.807, 2.05) is 35.2 Å². The van der Waals surface area contributed by atoms with E-state index in [0.717, 1.165) is 23.5 Å². The van der Waals surface area contributed by atoms with Crippen LogP contribution < -0.4 is 18.9 Å². The van der Waals surface area contributed by atoms with Gasteiger partial charge in [-0.05, 0) is 36.8 Å². The second kappa shape index (κ2) is 8.66. The van der Waals surface area contributed by atoms with Gasteiger partial charge in [0, 0.05) is 24.6 Å². The van der Waals surface area contributed by atoms with E-state index in [0.29, 0.717) is 24.6 Å². The number of carbonyl (C=O) groups is 1. The van der Waals surface area contributed by atoms with Crippen LogP contribution in [0.3, 0.4) is 0 Å². The summed E-state index contributed by atoms with van der Waals surface area (Å²) in [6.07, 6.45) is 0.879. The minimum Gasteiger partial charge on any atom is -0.497 e. The third kappa shape index (κ3) is 4.27. The van der Waals surface area contributed by atoms with Gasteiger partial charge in [-0.25, -0.2) is 0 Å². The molecular weight excluding hydrogens is 346 g/mol. The minimum absolute atomic E-state index is 0.0116. The van der Waals surface area contributed by atoms with Crippen molar-refractivity contribution in [3.05, 3.63) is 48.0 Å². The van der Waals surface area contributed by atoms with E-state index in [4.69, 9.17) is 18.9 Å². The molecule has 0 radical (unpaired) electrons. The van der Waals surface area contributed by atoms with Crippen molar-refractivity contribution < 1.29 is 23.7 Å². The summed E-state index contributed by atoms with van der Waals surface area (Å²) in [5.74, 6) is 2.97. The minimum atomic E-state index is -0.0368. The van der Waals surface area contributed by atoms with Gasteiger partial charge in [0.1, 0.15) is 11.5 Å². The molecule has 0 saturated carbocycles. The summed E-state index contributed by atoms with van der Waals surface area (Å²) in [5, 5.41) is 0. The van der Waals surface area contributed by atoms with E-state index >= 15 is 0 Å². The molecule has 0 aliphatic carbocycles. The second-order valence-electron chi connectivity index (χ2n) is 6.37. The smallest absolute Gasteiger partial charge is 0.260 e. The molecule has 1 saturated heterocycles. The van der Waals surface area contributed by atoms with E-state index in [-0.39, 0.29) is 18.4 Å². The first-order valence-corrected chi connectivity index (χ1v) is 8.91. The van der Waals surface area contributed by atoms with E-state index in [2.05, 4.69) is 0 Å². The predicted octanol–water partition coefficient (Wildman–Crippen LogP) is 3.11. The summed E-state index contributed by atoms with van der Waals surface area (Å²) in [4.78, 5) is 14.4. The molecule has 1 aliphatic rings. The lowest BCUT2D eigenvalue weighted by atomic mass is 9.97. The number of para-hydroxylation sites is 2. The highest BCUT2D eigenvalue weighted by Gasteiger charge is 2.29. The van der Waals surface area contributed by atoms with Crippen LogP contribution >= 0.6 is 0 Å². The van der Waals surface area contributed by atoms with Crippen LogP contribution in [0.1, 0.15) is 17.9 Å². The van der Waals surface area contributed by atoms with Crippen molar-refractivity contribution in [2.24, 2.45) is 0 Å². The maximum atomic E-state index is 12.6. The second-order valence-corrected chi connectivity index (χ2v) is 6.37. The number of ether oxygens (including phenoxy) is 4. The highest BCUT2D eigenvalue weighted by atomic mass is 16.5. The van der Waals surface area contributed by atoms with Gasteiger partial charge in [-0.3, -0.25) is 4.79 Å². The molecule has 27 heavy (non-hydrogen) atoms. The van der Waals surface area contributed by atoms with Crippen molar-refractivity contribution in [2.45, 2.75) is 12.3 Å². The van der Waals surface area contributed by atoms with Gasteiger partial charge in [-0.2, -0.15) is 0 Å².